The summed E-state index contributed by atoms with van der Waals surface area (Å²) >= 11 is 0. The van der Waals surface area contributed by atoms with Crippen LogP contribution in [0.25, 0.3) is 0 Å². The molecule has 0 aliphatic heterocycles. The quantitative estimate of drug-likeness (QED) is 0.363. The van der Waals surface area contributed by atoms with Gasteiger partial charge in [0.15, 0.2) is 0 Å². The summed E-state index contributed by atoms with van der Waals surface area (Å²) in [6.45, 7) is -6.19. The zero-order valence-corrected chi connectivity index (χ0v) is 2.22. The van der Waals surface area contributed by atoms with E-state index in [0.717, 1.165) is 0 Å². The third kappa shape index (κ3) is 3.88. The maximum absolute atomic E-state index is 9.48. The Kier molecular flexibility index (Phi) is 0.723. The van der Waals surface area contributed by atoms with Gasteiger partial charge in [0.2, 0.25) is 1.43 Å². The molecule has 3 nitrogen and oxygen atoms in total. The molecule has 0 spiro atoms. The monoisotopic (exact) mass is 82.1 g/mol. The molecule has 0 amide bonds. The minimum absolute atomic E-state index is 2.86. The molecule has 0 saturated heterocycles. The summed E-state index contributed by atoms with van der Waals surface area (Å²) in [6, 6.07) is 0. The van der Waals surface area contributed by atoms with Gasteiger partial charge >= 0.3 is 0 Å². The lowest BCUT2D eigenvalue weighted by Crippen LogP contribution is -1.91. The number of hydrogen-bond acceptors (Lipinski definition) is 2. The van der Waals surface area contributed by atoms with Crippen LogP contribution in [0.2, 0.25) is 0 Å². The molecule has 0 aromatic heterocycles. The molecule has 0 bridgehead atoms. The molecule has 0 aromatic carbocycles. The van der Waals surface area contributed by atoms with Crippen molar-refractivity contribution in [2.75, 3.05) is 13.1 Å². The lowest BCUT2D eigenvalue weighted by Gasteiger charge is -1.78. The van der Waals surface area contributed by atoms with Gasteiger partial charge in [0.05, 0.1) is 12.0 Å². The second kappa shape index (κ2) is 3.88. The Morgan fingerprint density at radius 3 is 3.40 bits per heavy atom. The highest BCUT2D eigenvalue weighted by atomic mass is 17.1. The Bertz CT molecular complexity index is 99.5. The van der Waals surface area contributed by atoms with Gasteiger partial charge in [-0.05, 0) is 5.26 Å². The first kappa shape index (κ1) is 0.932. The molecule has 31 valence electrons. The Labute approximate surface area is 36.8 Å². The molecule has 0 heterocycles. The molecule has 0 aliphatic rings. The van der Waals surface area contributed by atoms with Gasteiger partial charge in [-0.1, -0.05) is 0 Å². The van der Waals surface area contributed by atoms with E-state index < -0.39 is 13.1 Å². The van der Waals surface area contributed by atoms with Crippen molar-refractivity contribution in [3.63, 3.8) is 0 Å². The van der Waals surface area contributed by atoms with Crippen LogP contribution in [0.15, 0.2) is 0 Å². The topological polar surface area (TPSA) is 49.4 Å². The standard InChI is InChI=1S/C2H5O3/c3-1-2-5-4/h3H,1-2H2/i1D2,2D2,3D. The summed E-state index contributed by atoms with van der Waals surface area (Å²) in [7, 11) is 0. The summed E-state index contributed by atoms with van der Waals surface area (Å²) in [5.41, 5.74) is 0. The number of aliphatic hydroxyl groups is 1. The molecule has 0 unspecified atom stereocenters. The van der Waals surface area contributed by atoms with Gasteiger partial charge in [0.25, 0.3) is 0 Å². The molecule has 0 fully saturated rings. The maximum Gasteiger partial charge on any atom is 0.210 e. The molecule has 0 saturated carbocycles. The van der Waals surface area contributed by atoms with Gasteiger partial charge in [0.1, 0.15) is 6.56 Å². The zero-order chi connectivity index (χ0) is 8.41. The van der Waals surface area contributed by atoms with Gasteiger partial charge in [-0.3, -0.25) is 0 Å². The van der Waals surface area contributed by atoms with Crippen LogP contribution in [0, 0.1) is 0 Å². The molecule has 3 heteroatoms. The van der Waals surface area contributed by atoms with Crippen LogP contribution in [-0.2, 0) is 10.1 Å². The third-order valence-corrected chi connectivity index (χ3v) is 0.0833. The van der Waals surface area contributed by atoms with Crippen LogP contribution in [0.4, 0.5) is 0 Å². The highest BCUT2D eigenvalue weighted by molar-refractivity contribution is 4.09. The highest BCUT2D eigenvalue weighted by Gasteiger charge is 1.71. The van der Waals surface area contributed by atoms with Crippen molar-refractivity contribution < 1.29 is 20.7 Å². The second-order valence-electron chi connectivity index (χ2n) is 0.287. The smallest absolute Gasteiger partial charge is 0.210 e. The predicted molar refractivity (Wildman–Crippen MR) is 13.7 cm³/mol. The molecule has 1 radical (unpaired) electrons. The first-order valence-electron chi connectivity index (χ1n) is 3.23. The van der Waals surface area contributed by atoms with Crippen molar-refractivity contribution in [3.05, 3.63) is 0 Å². The first-order valence-corrected chi connectivity index (χ1v) is 0.825. The van der Waals surface area contributed by atoms with Crippen LogP contribution in [0.3, 0.4) is 0 Å². The average molecular weight is 82.1 g/mol. The molecule has 0 aliphatic carbocycles. The fourth-order valence-corrected chi connectivity index (χ4v) is 0.0170. The maximum atomic E-state index is 9.48. The van der Waals surface area contributed by atoms with Crippen LogP contribution >= 0.6 is 0 Å². The van der Waals surface area contributed by atoms with Gasteiger partial charge in [-0.25, -0.2) is 4.89 Å². The Balaban J connectivity index is 4.28. The summed E-state index contributed by atoms with van der Waals surface area (Å²) in [5, 5.41) is 12.8. The molecule has 1 N–H and O–H groups in total. The minimum atomic E-state index is -3.14. The van der Waals surface area contributed by atoms with Crippen molar-refractivity contribution in [2.45, 2.75) is 0 Å². The van der Waals surface area contributed by atoms with E-state index in [4.69, 9.17) is 6.91 Å². The summed E-state index contributed by atoms with van der Waals surface area (Å²) in [4.78, 5) is 2.86. The molecular formula is C2H5O3. The fraction of sp³-hybridized carbons (Fsp3) is 1.00. The Morgan fingerprint density at radius 1 is 2.40 bits per heavy atom. The van der Waals surface area contributed by atoms with Gasteiger partial charge in [-0.2, -0.15) is 0 Å². The van der Waals surface area contributed by atoms with Gasteiger partial charge < -0.3 is 5.11 Å². The fourth-order valence-electron chi connectivity index (χ4n) is 0.0170. The van der Waals surface area contributed by atoms with Crippen LogP contribution < -0.4 is 0 Å². The summed E-state index contributed by atoms with van der Waals surface area (Å²) < 4.78 is 32.1. The van der Waals surface area contributed by atoms with Gasteiger partial charge in [0, 0.05) is 0 Å². The van der Waals surface area contributed by atoms with Gasteiger partial charge in [-0.15, -0.1) is 0 Å². The first-order chi connectivity index (χ1) is 4.37. The van der Waals surface area contributed by atoms with E-state index in [1.807, 2.05) is 0 Å². The molecular weight excluding hydrogens is 72.0 g/mol. The van der Waals surface area contributed by atoms with Crippen molar-refractivity contribution in [3.8, 4) is 0 Å². The van der Waals surface area contributed by atoms with Crippen LogP contribution in [-0.4, -0.2) is 19.7 Å². The van der Waals surface area contributed by atoms with E-state index in [2.05, 4.69) is 10.00 Å². The van der Waals surface area contributed by atoms with Crippen molar-refractivity contribution in [1.82, 2.24) is 0 Å². The van der Waals surface area contributed by atoms with E-state index >= 15 is 0 Å². The van der Waals surface area contributed by atoms with Crippen molar-refractivity contribution in [1.29, 1.82) is 1.43 Å². The minimum Gasteiger partial charge on any atom is -0.394 e. The molecule has 0 rings (SSSR count). The van der Waals surface area contributed by atoms with Crippen molar-refractivity contribution >= 4 is 0 Å². The average Bonchev–Trinajstić information content (AvgIpc) is 1.88. The second-order valence-corrected chi connectivity index (χ2v) is 0.287. The third-order valence-electron chi connectivity index (χ3n) is 0.0833. The van der Waals surface area contributed by atoms with E-state index in [1.54, 1.807) is 0 Å². The van der Waals surface area contributed by atoms with Crippen LogP contribution in [0.1, 0.15) is 5.48 Å². The van der Waals surface area contributed by atoms with E-state index in [1.165, 1.54) is 0 Å². The molecule has 0 atom stereocenters. The Morgan fingerprint density at radius 2 is 3.20 bits per heavy atom. The highest BCUT2D eigenvalue weighted by Crippen LogP contribution is 1.57. The predicted octanol–water partition coefficient (Wildman–Crippen LogP) is -0.659. The zero-order valence-electron chi connectivity index (χ0n) is 7.22. The van der Waals surface area contributed by atoms with E-state index in [0.29, 0.717) is 0 Å². The Hall–Kier alpha value is -0.120. The van der Waals surface area contributed by atoms with E-state index in [-0.39, 0.29) is 0 Å². The lowest BCUT2D eigenvalue weighted by atomic mass is 10.8. The molecule has 5 heavy (non-hydrogen) atoms. The van der Waals surface area contributed by atoms with E-state index in [9.17, 15) is 5.26 Å². The normalized spacial score (nSPS) is 28.6. The summed E-state index contributed by atoms with van der Waals surface area (Å²) in [5.74, 6) is 0. The van der Waals surface area contributed by atoms with Crippen LogP contribution in [0.5, 0.6) is 0 Å². The molecule has 0 aromatic rings. The summed E-state index contributed by atoms with van der Waals surface area (Å²) in [6.07, 6.45) is 0. The van der Waals surface area contributed by atoms with Crippen molar-refractivity contribution in [2.24, 2.45) is 0 Å². The SMILES string of the molecule is [2H]OC([2H])([2H])C([2H])([2H])O[O]. The largest absolute Gasteiger partial charge is 0.394 e. The number of rotatable bonds is 3. The lowest BCUT2D eigenvalue weighted by molar-refractivity contribution is -0.306. The number of hydrogen-bond donors (Lipinski definition) is 1.